The number of carbonyl (C=O) groups excluding carboxylic acids is 2. The molecule has 0 aromatic heterocycles. The molecule has 1 heterocycles. The summed E-state index contributed by atoms with van der Waals surface area (Å²) in [4.78, 5) is 36.0. The molecule has 0 radical (unpaired) electrons. The van der Waals surface area contributed by atoms with Crippen LogP contribution in [-0.4, -0.2) is 157 Å². The van der Waals surface area contributed by atoms with Gasteiger partial charge in [-0.1, -0.05) is 305 Å². The van der Waals surface area contributed by atoms with E-state index in [1.165, 1.54) is 320 Å². The predicted octanol–water partition coefficient (Wildman–Crippen LogP) is 23.8. The van der Waals surface area contributed by atoms with E-state index in [1.54, 1.807) is 0 Å². The van der Waals surface area contributed by atoms with Gasteiger partial charge < -0.3 is 29.5 Å². The summed E-state index contributed by atoms with van der Waals surface area (Å²) in [7, 11) is 4.17. The molecule has 0 bridgehead atoms. The van der Waals surface area contributed by atoms with Crippen LogP contribution in [0.3, 0.4) is 0 Å². The van der Waals surface area contributed by atoms with Gasteiger partial charge in [0.25, 0.3) is 0 Å². The molecule has 2 atom stereocenters. The quantitative estimate of drug-likeness (QED) is 0.0262. The predicted molar refractivity (Wildman–Crippen MR) is 429 cm³/mol. The summed E-state index contributed by atoms with van der Waals surface area (Å²) in [5, 5.41) is 22.1. The number of aliphatic hydroxyl groups excluding tert-OH is 2. The van der Waals surface area contributed by atoms with E-state index in [9.17, 15) is 19.8 Å². The molecule has 0 saturated carbocycles. The number of nitrogens with zero attached hydrogens (tertiary/aromatic N) is 4. The summed E-state index contributed by atoms with van der Waals surface area (Å²) >= 11 is 0. The van der Waals surface area contributed by atoms with Crippen LogP contribution < -0.4 is 0 Å². The third kappa shape index (κ3) is 67.8. The molecular formula is C85H166N4O6S2. The maximum Gasteiger partial charge on any atom is 0.306 e. The van der Waals surface area contributed by atoms with Crippen molar-refractivity contribution < 1.29 is 29.3 Å². The van der Waals surface area contributed by atoms with Gasteiger partial charge in [0, 0.05) is 70.2 Å². The smallest absolute Gasteiger partial charge is 0.306 e. The highest BCUT2D eigenvalue weighted by Crippen LogP contribution is 2.25. The van der Waals surface area contributed by atoms with Gasteiger partial charge in [0.1, 0.15) is 12.7 Å². The molecule has 12 heteroatoms. The van der Waals surface area contributed by atoms with Crippen molar-refractivity contribution in [3.05, 3.63) is 24.3 Å². The van der Waals surface area contributed by atoms with Gasteiger partial charge >= 0.3 is 11.9 Å². The summed E-state index contributed by atoms with van der Waals surface area (Å²) in [6.07, 6.45) is 76.4. The first-order valence-corrected chi connectivity index (χ1v) is 45.4. The molecule has 1 aliphatic heterocycles. The zero-order chi connectivity index (χ0) is 70.1. The molecule has 0 spiro atoms. The molecule has 1 fully saturated rings. The van der Waals surface area contributed by atoms with E-state index >= 15 is 0 Å². The van der Waals surface area contributed by atoms with Crippen LogP contribution in [0.5, 0.6) is 0 Å². The SMILES string of the molecule is CCCCC/C=C\C/C=C\CCCCCCCCN(CCCCCCCC(=O)OC(CCCCCCCC)CCCCCCCC)CCCCSSCCCCN1CCN(CCOC(=O)CCCN(CC(O)CCCCCCCCCC)CC(O)CCCCCCCCCC)CC1. The van der Waals surface area contributed by atoms with E-state index in [0.29, 0.717) is 45.5 Å². The molecule has 2 unspecified atom stereocenters. The lowest BCUT2D eigenvalue weighted by molar-refractivity contribution is -0.150. The third-order valence-corrected chi connectivity index (χ3v) is 22.9. The Morgan fingerprint density at radius 3 is 1.20 bits per heavy atom. The highest BCUT2D eigenvalue weighted by Gasteiger charge is 2.20. The summed E-state index contributed by atoms with van der Waals surface area (Å²) in [5.74, 6) is 2.40. The maximum atomic E-state index is 13.1. The number of esters is 2. The zero-order valence-electron chi connectivity index (χ0n) is 65.4. The van der Waals surface area contributed by atoms with Crippen molar-refractivity contribution in [3.8, 4) is 0 Å². The number of aliphatic hydroxyl groups is 2. The number of hydrogen-bond donors (Lipinski definition) is 2. The number of ether oxygens (including phenoxy) is 2. The molecule has 2 N–H and O–H groups in total. The second-order valence-corrected chi connectivity index (χ2v) is 32.5. The third-order valence-electron chi connectivity index (χ3n) is 20.3. The molecule has 0 aromatic carbocycles. The van der Waals surface area contributed by atoms with E-state index in [-0.39, 0.29) is 18.0 Å². The van der Waals surface area contributed by atoms with Gasteiger partial charge in [0.05, 0.1) is 12.2 Å². The fourth-order valence-corrected chi connectivity index (χ4v) is 16.1. The first-order chi connectivity index (χ1) is 47.7. The van der Waals surface area contributed by atoms with Crippen molar-refractivity contribution >= 4 is 33.5 Å². The minimum atomic E-state index is -0.399. The lowest BCUT2D eigenvalue weighted by Crippen LogP contribution is -2.47. The van der Waals surface area contributed by atoms with Crippen molar-refractivity contribution in [3.63, 3.8) is 0 Å². The number of hydrogen-bond acceptors (Lipinski definition) is 12. The van der Waals surface area contributed by atoms with Crippen LogP contribution in [0.2, 0.25) is 0 Å². The number of piperazine rings is 1. The molecule has 97 heavy (non-hydrogen) atoms. The van der Waals surface area contributed by atoms with Gasteiger partial charge in [-0.05, 0) is 155 Å². The Morgan fingerprint density at radius 1 is 0.371 bits per heavy atom. The van der Waals surface area contributed by atoms with Crippen LogP contribution in [0.15, 0.2) is 24.3 Å². The molecular weight excluding hydrogens is 1240 g/mol. The summed E-state index contributed by atoms with van der Waals surface area (Å²) in [6.45, 7) is 23.5. The Hall–Kier alpha value is -1.12. The second-order valence-electron chi connectivity index (χ2n) is 29.8. The van der Waals surface area contributed by atoms with Crippen LogP contribution in [0.4, 0.5) is 0 Å². The standard InChI is InChI=1S/C85H166N4O6S2/c1-6-11-16-21-26-29-30-31-32-33-34-35-36-39-46-53-66-86(67-54-47-40-45-52-64-85(93)95-83(62-50-43-24-19-14-9-4)63-51-44-25-20-15-10-5)68-55-57-77-96-97-78-58-56-69-87-71-73-88(74-72-87)75-76-94-84(92)65-59-70-89(79-81(90)60-48-41-37-27-22-17-12-7-2)80-82(91)61-49-42-38-28-23-18-13-8-3/h26,29,31-32,81-83,90-91H,6-25,27-28,30,33-80H2,1-5H3/b29-26-,32-31-. The fourth-order valence-electron chi connectivity index (χ4n) is 13.8. The zero-order valence-corrected chi connectivity index (χ0v) is 67.0. The summed E-state index contributed by atoms with van der Waals surface area (Å²) < 4.78 is 11.9. The number of allylic oxidation sites excluding steroid dienone is 4. The van der Waals surface area contributed by atoms with Gasteiger partial charge in [-0.2, -0.15) is 0 Å². The molecule has 1 aliphatic rings. The second kappa shape index (κ2) is 76.0. The number of unbranched alkanes of at least 4 members (excludes halogenated alkanes) is 39. The minimum Gasteiger partial charge on any atom is -0.464 e. The monoisotopic (exact) mass is 1400 g/mol. The minimum absolute atomic E-state index is 0.0511. The topological polar surface area (TPSA) is 106 Å². The van der Waals surface area contributed by atoms with E-state index in [4.69, 9.17) is 9.47 Å². The van der Waals surface area contributed by atoms with Crippen LogP contribution in [-0.2, 0) is 19.1 Å². The van der Waals surface area contributed by atoms with E-state index in [1.807, 2.05) is 0 Å². The van der Waals surface area contributed by atoms with Gasteiger partial charge in [0.15, 0.2) is 0 Å². The molecule has 1 saturated heterocycles. The van der Waals surface area contributed by atoms with Gasteiger partial charge in [-0.25, -0.2) is 0 Å². The number of rotatable bonds is 78. The van der Waals surface area contributed by atoms with Crippen molar-refractivity contribution in [2.24, 2.45) is 0 Å². The van der Waals surface area contributed by atoms with Crippen molar-refractivity contribution in [1.82, 2.24) is 19.6 Å². The van der Waals surface area contributed by atoms with Crippen molar-refractivity contribution in [2.75, 3.05) is 96.6 Å². The maximum absolute atomic E-state index is 13.1. The highest BCUT2D eigenvalue weighted by atomic mass is 33.1. The molecule has 574 valence electrons. The van der Waals surface area contributed by atoms with Gasteiger partial charge in [0.2, 0.25) is 0 Å². The fraction of sp³-hybridized carbons (Fsp3) is 0.929. The largest absolute Gasteiger partial charge is 0.464 e. The van der Waals surface area contributed by atoms with Crippen LogP contribution >= 0.6 is 21.6 Å². The Bertz CT molecular complexity index is 1630. The van der Waals surface area contributed by atoms with E-state index in [2.05, 4.69) is 100 Å². The Labute approximate surface area is 612 Å². The lowest BCUT2D eigenvalue weighted by Gasteiger charge is -2.34. The van der Waals surface area contributed by atoms with Crippen LogP contribution in [0.25, 0.3) is 0 Å². The molecule has 1 rings (SSSR count). The van der Waals surface area contributed by atoms with Crippen LogP contribution in [0, 0.1) is 0 Å². The average Bonchev–Trinajstić information content (AvgIpc) is 2.86. The molecule has 0 aliphatic carbocycles. The summed E-state index contributed by atoms with van der Waals surface area (Å²) in [6, 6.07) is 0. The van der Waals surface area contributed by atoms with E-state index < -0.39 is 12.2 Å². The normalized spacial score (nSPS) is 14.0. The van der Waals surface area contributed by atoms with E-state index in [0.717, 1.165) is 90.5 Å². The Balaban J connectivity index is 2.41. The lowest BCUT2D eigenvalue weighted by atomic mass is 10.0. The highest BCUT2D eigenvalue weighted by molar-refractivity contribution is 8.76. The molecule has 0 aromatic rings. The number of carbonyl (C=O) groups is 2. The van der Waals surface area contributed by atoms with Gasteiger partial charge in [-0.15, -0.1) is 0 Å². The van der Waals surface area contributed by atoms with Crippen molar-refractivity contribution in [1.29, 1.82) is 0 Å². The first kappa shape index (κ1) is 93.9. The molecule has 0 amide bonds. The van der Waals surface area contributed by atoms with Gasteiger partial charge in [-0.3, -0.25) is 19.4 Å². The Morgan fingerprint density at radius 2 is 0.722 bits per heavy atom. The van der Waals surface area contributed by atoms with Crippen molar-refractivity contribution in [2.45, 2.75) is 412 Å². The van der Waals surface area contributed by atoms with Crippen LogP contribution in [0.1, 0.15) is 394 Å². The summed E-state index contributed by atoms with van der Waals surface area (Å²) in [5.41, 5.74) is 0. The Kier molecular flexibility index (Phi) is 73.6. The first-order valence-electron chi connectivity index (χ1n) is 42.9. The average molecular weight is 1400 g/mol. The molecule has 10 nitrogen and oxygen atoms in total.